The zero-order chi connectivity index (χ0) is 19.2. The quantitative estimate of drug-likeness (QED) is 0.479. The van der Waals surface area contributed by atoms with Crippen LogP contribution < -0.4 is 4.74 Å². The van der Waals surface area contributed by atoms with Crippen LogP contribution in [0.1, 0.15) is 34.8 Å². The number of para-hydroxylation sites is 1. The summed E-state index contributed by atoms with van der Waals surface area (Å²) in [5.41, 5.74) is 3.74. The van der Waals surface area contributed by atoms with E-state index in [1.165, 1.54) is 0 Å². The Balaban J connectivity index is 1.51. The number of ketones is 1. The number of rotatable bonds is 8. The Bertz CT molecular complexity index is 958. The third kappa shape index (κ3) is 4.56. The molecule has 0 unspecified atom stereocenters. The topological polar surface area (TPSA) is 68.4 Å². The first-order valence-corrected chi connectivity index (χ1v) is 9.05. The molecule has 1 heterocycles. The normalized spacial score (nSPS) is 10.7. The van der Waals surface area contributed by atoms with Crippen molar-refractivity contribution in [3.8, 4) is 5.75 Å². The van der Waals surface area contributed by atoms with Crippen molar-refractivity contribution in [2.24, 2.45) is 0 Å². The molecule has 1 N–H and O–H groups in total. The van der Waals surface area contributed by atoms with Crippen LogP contribution in [0.15, 0.2) is 48.7 Å². The molecule has 1 aromatic heterocycles. The molecular weight excluding hydrogens is 342 g/mol. The van der Waals surface area contributed by atoms with Gasteiger partial charge >= 0.3 is 5.97 Å². The summed E-state index contributed by atoms with van der Waals surface area (Å²) in [5, 5.41) is 0.859. The summed E-state index contributed by atoms with van der Waals surface area (Å²) in [6.45, 7) is 3.98. The van der Waals surface area contributed by atoms with Crippen molar-refractivity contribution in [2.45, 2.75) is 26.7 Å². The summed E-state index contributed by atoms with van der Waals surface area (Å²) >= 11 is 0. The maximum absolute atomic E-state index is 12.4. The molecule has 3 aromatic rings. The molecule has 0 atom stereocenters. The lowest BCUT2D eigenvalue weighted by atomic mass is 10.1. The van der Waals surface area contributed by atoms with E-state index >= 15 is 0 Å². The molecule has 5 heteroatoms. The maximum atomic E-state index is 12.4. The third-order valence-corrected chi connectivity index (χ3v) is 4.41. The van der Waals surface area contributed by atoms with Crippen LogP contribution in [0.2, 0.25) is 0 Å². The van der Waals surface area contributed by atoms with Crippen molar-refractivity contribution in [3.63, 3.8) is 0 Å². The molecule has 0 saturated carbocycles. The number of benzene rings is 2. The van der Waals surface area contributed by atoms with Gasteiger partial charge in [0.25, 0.3) is 0 Å². The van der Waals surface area contributed by atoms with Gasteiger partial charge in [-0.1, -0.05) is 37.3 Å². The number of H-pyrrole nitrogens is 1. The first-order valence-electron chi connectivity index (χ1n) is 9.05. The van der Waals surface area contributed by atoms with Gasteiger partial charge in [-0.15, -0.1) is 0 Å². The Morgan fingerprint density at radius 3 is 2.70 bits per heavy atom. The second-order valence-corrected chi connectivity index (χ2v) is 6.39. The van der Waals surface area contributed by atoms with Gasteiger partial charge in [0.1, 0.15) is 5.75 Å². The summed E-state index contributed by atoms with van der Waals surface area (Å²) in [5.74, 6) is 0.0388. The van der Waals surface area contributed by atoms with E-state index in [2.05, 4.69) is 11.9 Å². The average Bonchev–Trinajstić information content (AvgIpc) is 3.10. The number of fused-ring (bicyclic) bond motifs is 1. The monoisotopic (exact) mass is 365 g/mol. The van der Waals surface area contributed by atoms with E-state index < -0.39 is 5.97 Å². The Morgan fingerprint density at radius 2 is 1.93 bits per heavy atom. The lowest BCUT2D eigenvalue weighted by Gasteiger charge is -2.07. The van der Waals surface area contributed by atoms with Crippen LogP contribution in [0.4, 0.5) is 0 Å². The number of ether oxygens (including phenoxy) is 2. The lowest BCUT2D eigenvalue weighted by Crippen LogP contribution is -2.16. The number of aromatic amines is 1. The first-order chi connectivity index (χ1) is 13.1. The van der Waals surface area contributed by atoms with Crippen molar-refractivity contribution in [1.29, 1.82) is 0 Å². The Kier molecular flexibility index (Phi) is 5.91. The average molecular weight is 365 g/mol. The molecule has 2 aromatic carbocycles. The minimum absolute atomic E-state index is 0.0924. The Hall–Kier alpha value is -3.08. The molecule has 5 nitrogen and oxygen atoms in total. The Morgan fingerprint density at radius 1 is 1.11 bits per heavy atom. The van der Waals surface area contributed by atoms with Crippen molar-refractivity contribution in [1.82, 2.24) is 4.98 Å². The molecule has 0 spiro atoms. The number of aromatic nitrogens is 1. The molecule has 0 saturated heterocycles. The first kappa shape index (κ1) is 18.7. The second kappa shape index (κ2) is 8.54. The standard InChI is InChI=1S/C22H23NO4/c1-3-16-7-5-9-18-19(13-23-22(16)18)20(24)14-27-21(25)10-11-26-17-8-4-6-15(2)12-17/h4-9,12-13,23H,3,10-11,14H2,1-2H3. The molecule has 0 aliphatic carbocycles. The molecule has 140 valence electrons. The fourth-order valence-corrected chi connectivity index (χ4v) is 3.00. The molecule has 0 bridgehead atoms. The smallest absolute Gasteiger partial charge is 0.309 e. The van der Waals surface area contributed by atoms with Crippen LogP contribution in [-0.4, -0.2) is 30.0 Å². The molecule has 0 amide bonds. The van der Waals surface area contributed by atoms with Crippen LogP contribution in [-0.2, 0) is 16.0 Å². The van der Waals surface area contributed by atoms with E-state index in [1.54, 1.807) is 6.20 Å². The molecule has 0 fully saturated rings. The highest BCUT2D eigenvalue weighted by Gasteiger charge is 2.15. The number of carbonyl (C=O) groups excluding carboxylic acids is 2. The largest absolute Gasteiger partial charge is 0.493 e. The van der Waals surface area contributed by atoms with E-state index in [9.17, 15) is 9.59 Å². The molecule has 27 heavy (non-hydrogen) atoms. The number of hydrogen-bond acceptors (Lipinski definition) is 4. The zero-order valence-corrected chi connectivity index (χ0v) is 15.6. The van der Waals surface area contributed by atoms with Crippen molar-refractivity contribution < 1.29 is 19.1 Å². The van der Waals surface area contributed by atoms with Crippen molar-refractivity contribution in [2.75, 3.05) is 13.2 Å². The minimum Gasteiger partial charge on any atom is -0.493 e. The number of hydrogen-bond donors (Lipinski definition) is 1. The third-order valence-electron chi connectivity index (χ3n) is 4.41. The highest BCUT2D eigenvalue weighted by atomic mass is 16.5. The van der Waals surface area contributed by atoms with Gasteiger partial charge in [-0.2, -0.15) is 0 Å². The fraction of sp³-hybridized carbons (Fsp3) is 0.273. The van der Waals surface area contributed by atoms with E-state index in [4.69, 9.17) is 9.47 Å². The summed E-state index contributed by atoms with van der Waals surface area (Å²) in [4.78, 5) is 27.5. The summed E-state index contributed by atoms with van der Waals surface area (Å²) < 4.78 is 10.6. The van der Waals surface area contributed by atoms with Gasteiger partial charge < -0.3 is 14.5 Å². The van der Waals surface area contributed by atoms with Crippen molar-refractivity contribution in [3.05, 3.63) is 65.4 Å². The molecule has 0 aliphatic rings. The van der Waals surface area contributed by atoms with Gasteiger partial charge in [-0.05, 0) is 36.6 Å². The predicted octanol–water partition coefficient (Wildman–Crippen LogP) is 4.23. The predicted molar refractivity (Wildman–Crippen MR) is 104 cm³/mol. The van der Waals surface area contributed by atoms with Gasteiger partial charge in [0, 0.05) is 22.7 Å². The van der Waals surface area contributed by atoms with Crippen LogP contribution >= 0.6 is 0 Å². The highest BCUT2D eigenvalue weighted by molar-refractivity contribution is 6.09. The van der Waals surface area contributed by atoms with Crippen LogP contribution in [0.25, 0.3) is 10.9 Å². The highest BCUT2D eigenvalue weighted by Crippen LogP contribution is 2.22. The van der Waals surface area contributed by atoms with Gasteiger partial charge in [-0.25, -0.2) is 0 Å². The minimum atomic E-state index is -0.454. The van der Waals surface area contributed by atoms with Gasteiger partial charge in [0.2, 0.25) is 5.78 Å². The number of aryl methyl sites for hydroxylation is 2. The number of carbonyl (C=O) groups is 2. The molecule has 3 rings (SSSR count). The SMILES string of the molecule is CCc1cccc2c(C(=O)COC(=O)CCOc3cccc(C)c3)c[nH]c12. The lowest BCUT2D eigenvalue weighted by molar-refractivity contribution is -0.143. The van der Waals surface area contributed by atoms with Gasteiger partial charge in [0.15, 0.2) is 6.61 Å². The summed E-state index contributed by atoms with van der Waals surface area (Å²) in [7, 11) is 0. The maximum Gasteiger partial charge on any atom is 0.309 e. The summed E-state index contributed by atoms with van der Waals surface area (Å²) in [6.07, 6.45) is 2.65. The van der Waals surface area contributed by atoms with E-state index in [0.29, 0.717) is 11.3 Å². The van der Waals surface area contributed by atoms with E-state index in [0.717, 1.165) is 28.5 Å². The number of nitrogens with one attached hydrogen (secondary N) is 1. The second-order valence-electron chi connectivity index (χ2n) is 6.39. The van der Waals surface area contributed by atoms with Gasteiger partial charge in [-0.3, -0.25) is 9.59 Å². The van der Waals surface area contributed by atoms with Crippen LogP contribution in [0.3, 0.4) is 0 Å². The van der Waals surface area contributed by atoms with E-state index in [-0.39, 0.29) is 25.4 Å². The van der Waals surface area contributed by atoms with E-state index in [1.807, 2.05) is 49.4 Å². The van der Waals surface area contributed by atoms with Crippen LogP contribution in [0, 0.1) is 6.92 Å². The van der Waals surface area contributed by atoms with Gasteiger partial charge in [0.05, 0.1) is 13.0 Å². The molecule has 0 aliphatic heterocycles. The number of esters is 1. The Labute approximate surface area is 158 Å². The molecular formula is C22H23NO4. The fourth-order valence-electron chi connectivity index (χ4n) is 3.00. The number of Topliss-reactive ketones (excluding diaryl/α,β-unsaturated/α-hetero) is 1. The zero-order valence-electron chi connectivity index (χ0n) is 15.6. The van der Waals surface area contributed by atoms with Crippen LogP contribution in [0.5, 0.6) is 5.75 Å². The summed E-state index contributed by atoms with van der Waals surface area (Å²) in [6, 6.07) is 13.5. The molecule has 0 radical (unpaired) electrons. The van der Waals surface area contributed by atoms with Crippen molar-refractivity contribution >= 4 is 22.7 Å².